The van der Waals surface area contributed by atoms with Gasteiger partial charge in [-0.05, 0) is 31.7 Å². The van der Waals surface area contributed by atoms with E-state index in [9.17, 15) is 0 Å². The molecular formula is C15H19N3S. The van der Waals surface area contributed by atoms with Gasteiger partial charge in [0.2, 0.25) is 5.13 Å². The van der Waals surface area contributed by atoms with Crippen LogP contribution in [0.25, 0.3) is 0 Å². The third-order valence-electron chi connectivity index (χ3n) is 3.57. The second-order valence-electron chi connectivity index (χ2n) is 5.25. The van der Waals surface area contributed by atoms with E-state index >= 15 is 0 Å². The molecule has 100 valence electrons. The van der Waals surface area contributed by atoms with E-state index in [1.807, 2.05) is 0 Å². The van der Waals surface area contributed by atoms with Crippen LogP contribution in [0.2, 0.25) is 0 Å². The van der Waals surface area contributed by atoms with Crippen molar-refractivity contribution in [2.24, 2.45) is 0 Å². The van der Waals surface area contributed by atoms with E-state index in [-0.39, 0.29) is 0 Å². The van der Waals surface area contributed by atoms with Crippen molar-refractivity contribution in [2.45, 2.75) is 45.1 Å². The van der Waals surface area contributed by atoms with Crippen LogP contribution in [0.1, 0.15) is 55.1 Å². The Hall–Kier alpha value is -1.42. The van der Waals surface area contributed by atoms with Crippen LogP contribution < -0.4 is 5.32 Å². The lowest BCUT2D eigenvalue weighted by atomic mass is 10.0. The first-order chi connectivity index (χ1) is 9.26. The summed E-state index contributed by atoms with van der Waals surface area (Å²) < 4.78 is 4.44. The molecule has 0 aliphatic heterocycles. The number of benzene rings is 1. The number of aryl methyl sites for hydroxylation is 1. The lowest BCUT2D eigenvalue weighted by Gasteiger charge is -2.16. The van der Waals surface area contributed by atoms with Crippen molar-refractivity contribution in [3.8, 4) is 0 Å². The summed E-state index contributed by atoms with van der Waals surface area (Å²) in [5.74, 6) is 1.66. The van der Waals surface area contributed by atoms with Crippen molar-refractivity contribution in [2.75, 3.05) is 5.32 Å². The Morgan fingerprint density at radius 3 is 2.68 bits per heavy atom. The minimum Gasteiger partial charge on any atom is -0.353 e. The molecule has 4 heteroatoms. The zero-order valence-corrected chi connectivity index (χ0v) is 12.2. The van der Waals surface area contributed by atoms with Crippen LogP contribution in [0.4, 0.5) is 5.13 Å². The minimum atomic E-state index is 0.320. The molecule has 0 amide bonds. The van der Waals surface area contributed by atoms with Gasteiger partial charge in [0.15, 0.2) is 0 Å². The molecule has 3 nitrogen and oxygen atoms in total. The first-order valence-electron chi connectivity index (χ1n) is 6.93. The minimum absolute atomic E-state index is 0.320. The molecule has 1 aromatic heterocycles. The van der Waals surface area contributed by atoms with E-state index < -0.39 is 0 Å². The fourth-order valence-corrected chi connectivity index (χ4v) is 2.87. The van der Waals surface area contributed by atoms with Crippen molar-refractivity contribution in [3.63, 3.8) is 0 Å². The van der Waals surface area contributed by atoms with Crippen LogP contribution in [-0.4, -0.2) is 9.36 Å². The van der Waals surface area contributed by atoms with Crippen molar-refractivity contribution >= 4 is 16.7 Å². The first-order valence-corrected chi connectivity index (χ1v) is 7.70. The Bertz CT molecular complexity index is 543. The molecular weight excluding hydrogens is 254 g/mol. The molecule has 19 heavy (non-hydrogen) atoms. The highest BCUT2D eigenvalue weighted by Crippen LogP contribution is 2.39. The van der Waals surface area contributed by atoms with Gasteiger partial charge in [-0.25, -0.2) is 4.98 Å². The summed E-state index contributed by atoms with van der Waals surface area (Å²) in [4.78, 5) is 4.60. The summed E-state index contributed by atoms with van der Waals surface area (Å²) >= 11 is 1.49. The Balaban J connectivity index is 1.72. The maximum absolute atomic E-state index is 4.60. The summed E-state index contributed by atoms with van der Waals surface area (Å²) in [6, 6.07) is 9.03. The van der Waals surface area contributed by atoms with Gasteiger partial charge < -0.3 is 5.32 Å². The first kappa shape index (κ1) is 12.6. The van der Waals surface area contributed by atoms with E-state index in [1.54, 1.807) is 0 Å². The average molecular weight is 273 g/mol. The maximum Gasteiger partial charge on any atom is 0.203 e. The molecule has 1 fully saturated rings. The summed E-state index contributed by atoms with van der Waals surface area (Å²) in [7, 11) is 0. The van der Waals surface area contributed by atoms with Crippen LogP contribution in [0.3, 0.4) is 0 Å². The summed E-state index contributed by atoms with van der Waals surface area (Å²) in [5, 5.41) is 4.47. The molecule has 2 aromatic rings. The number of anilines is 1. The fraction of sp³-hybridized carbons (Fsp3) is 0.467. The molecule has 1 N–H and O–H groups in total. The number of nitrogens with zero attached hydrogens (tertiary/aromatic N) is 2. The monoisotopic (exact) mass is 273 g/mol. The van der Waals surface area contributed by atoms with E-state index in [2.05, 4.69) is 52.8 Å². The Kier molecular flexibility index (Phi) is 3.51. The molecule has 1 aliphatic rings. The van der Waals surface area contributed by atoms with Crippen molar-refractivity contribution in [1.82, 2.24) is 9.36 Å². The summed E-state index contributed by atoms with van der Waals surface area (Å²) in [6.45, 7) is 4.31. The molecule has 1 saturated carbocycles. The van der Waals surface area contributed by atoms with E-state index in [4.69, 9.17) is 0 Å². The molecule has 0 radical (unpaired) electrons. The number of hydrogen-bond acceptors (Lipinski definition) is 4. The van der Waals surface area contributed by atoms with Crippen molar-refractivity contribution < 1.29 is 0 Å². The smallest absolute Gasteiger partial charge is 0.203 e. The number of rotatable bonds is 5. The Morgan fingerprint density at radius 1 is 1.32 bits per heavy atom. The van der Waals surface area contributed by atoms with Crippen LogP contribution in [0.15, 0.2) is 24.3 Å². The van der Waals surface area contributed by atoms with Gasteiger partial charge in [0.05, 0.1) is 6.04 Å². The third-order valence-corrected chi connectivity index (χ3v) is 4.23. The van der Waals surface area contributed by atoms with Crippen LogP contribution in [0.5, 0.6) is 0 Å². The third kappa shape index (κ3) is 2.95. The number of hydrogen-bond donors (Lipinski definition) is 1. The highest BCUT2D eigenvalue weighted by Gasteiger charge is 2.28. The molecule has 1 atom stereocenters. The lowest BCUT2D eigenvalue weighted by Crippen LogP contribution is -2.09. The highest BCUT2D eigenvalue weighted by atomic mass is 32.1. The quantitative estimate of drug-likeness (QED) is 0.883. The van der Waals surface area contributed by atoms with E-state index in [0.29, 0.717) is 12.0 Å². The topological polar surface area (TPSA) is 37.8 Å². The standard InChI is InChI=1S/C15H19N3S/c1-3-13(11-6-4-10(2)5-7-11)16-15-17-14(18-19-15)12-8-9-12/h4-7,12-13H,3,8-9H2,1-2H3,(H,16,17,18). The zero-order chi connectivity index (χ0) is 13.2. The van der Waals surface area contributed by atoms with Crippen molar-refractivity contribution in [1.29, 1.82) is 0 Å². The van der Waals surface area contributed by atoms with Gasteiger partial charge in [-0.2, -0.15) is 4.37 Å². The number of aromatic nitrogens is 2. The molecule has 0 saturated heterocycles. The van der Waals surface area contributed by atoms with Crippen LogP contribution >= 0.6 is 11.5 Å². The van der Waals surface area contributed by atoms with Gasteiger partial charge in [-0.1, -0.05) is 36.8 Å². The Labute approximate surface area is 118 Å². The largest absolute Gasteiger partial charge is 0.353 e. The highest BCUT2D eigenvalue weighted by molar-refractivity contribution is 7.09. The van der Waals surface area contributed by atoms with Gasteiger partial charge in [0, 0.05) is 17.5 Å². The lowest BCUT2D eigenvalue weighted by molar-refractivity contribution is 0.746. The Morgan fingerprint density at radius 2 is 2.05 bits per heavy atom. The average Bonchev–Trinajstić information content (AvgIpc) is 3.17. The second kappa shape index (κ2) is 5.29. The molecule has 1 aliphatic carbocycles. The molecule has 1 heterocycles. The van der Waals surface area contributed by atoms with Gasteiger partial charge in [0.1, 0.15) is 5.82 Å². The predicted molar refractivity (Wildman–Crippen MR) is 79.7 cm³/mol. The molecule has 0 bridgehead atoms. The van der Waals surface area contributed by atoms with Gasteiger partial charge >= 0.3 is 0 Å². The fourth-order valence-electron chi connectivity index (χ4n) is 2.17. The normalized spacial score (nSPS) is 16.3. The van der Waals surface area contributed by atoms with Gasteiger partial charge in [-0.15, -0.1) is 0 Å². The van der Waals surface area contributed by atoms with E-state index in [0.717, 1.165) is 17.4 Å². The van der Waals surface area contributed by atoms with E-state index in [1.165, 1.54) is 35.5 Å². The van der Waals surface area contributed by atoms with Gasteiger partial charge in [0.25, 0.3) is 0 Å². The zero-order valence-electron chi connectivity index (χ0n) is 11.4. The molecule has 0 spiro atoms. The molecule has 3 rings (SSSR count). The van der Waals surface area contributed by atoms with Crippen LogP contribution in [0, 0.1) is 6.92 Å². The van der Waals surface area contributed by atoms with Crippen LogP contribution in [-0.2, 0) is 0 Å². The predicted octanol–water partition coefficient (Wildman–Crippen LogP) is 4.29. The molecule has 1 unspecified atom stereocenters. The summed E-state index contributed by atoms with van der Waals surface area (Å²) in [6.07, 6.45) is 3.55. The molecule has 1 aromatic carbocycles. The summed E-state index contributed by atoms with van der Waals surface area (Å²) in [5.41, 5.74) is 2.61. The van der Waals surface area contributed by atoms with Crippen molar-refractivity contribution in [3.05, 3.63) is 41.2 Å². The maximum atomic E-state index is 4.60. The number of nitrogens with one attached hydrogen (secondary N) is 1. The SMILES string of the molecule is CCC(Nc1nc(C2CC2)ns1)c1ccc(C)cc1. The van der Waals surface area contributed by atoms with Gasteiger partial charge in [-0.3, -0.25) is 0 Å². The second-order valence-corrected chi connectivity index (χ2v) is 6.00.